The molecule has 0 spiro atoms. The van der Waals surface area contributed by atoms with E-state index in [0.717, 1.165) is 10.3 Å². The summed E-state index contributed by atoms with van der Waals surface area (Å²) in [6.07, 6.45) is 1.67. The van der Waals surface area contributed by atoms with Crippen molar-refractivity contribution in [2.45, 2.75) is 19.1 Å². The average molecular weight is 287 g/mol. The Labute approximate surface area is 103 Å². The van der Waals surface area contributed by atoms with Gasteiger partial charge in [0, 0.05) is 17.2 Å². The molecule has 1 aromatic heterocycles. The predicted octanol–water partition coefficient (Wildman–Crippen LogP) is 1.43. The van der Waals surface area contributed by atoms with E-state index in [1.54, 1.807) is 6.20 Å². The van der Waals surface area contributed by atoms with Crippen LogP contribution in [-0.4, -0.2) is 42.0 Å². The maximum Gasteiger partial charge on any atom is 0.128 e. The second-order valence-electron chi connectivity index (χ2n) is 3.97. The first-order valence-electron chi connectivity index (χ1n) is 5.31. The Morgan fingerprint density at radius 3 is 3.06 bits per heavy atom. The maximum absolute atomic E-state index is 9.11. The minimum atomic E-state index is -0.110. The smallest absolute Gasteiger partial charge is 0.128 e. The SMILES string of the molecule is CC1COC(CO)CN1c1ccc(Br)cn1. The summed E-state index contributed by atoms with van der Waals surface area (Å²) in [6, 6.07) is 4.23. The van der Waals surface area contributed by atoms with Crippen molar-refractivity contribution in [1.82, 2.24) is 4.98 Å². The number of ether oxygens (including phenoxy) is 1. The average Bonchev–Trinajstić information content (AvgIpc) is 2.31. The van der Waals surface area contributed by atoms with E-state index in [9.17, 15) is 0 Å². The van der Waals surface area contributed by atoms with Gasteiger partial charge in [-0.15, -0.1) is 0 Å². The number of aliphatic hydroxyl groups excluding tert-OH is 1. The Kier molecular flexibility index (Phi) is 3.78. The number of hydrogen-bond acceptors (Lipinski definition) is 4. The van der Waals surface area contributed by atoms with Crippen LogP contribution in [0.1, 0.15) is 6.92 Å². The molecule has 1 saturated heterocycles. The number of hydrogen-bond donors (Lipinski definition) is 1. The van der Waals surface area contributed by atoms with Gasteiger partial charge in [0.1, 0.15) is 5.82 Å². The highest BCUT2D eigenvalue weighted by Gasteiger charge is 2.26. The van der Waals surface area contributed by atoms with E-state index in [-0.39, 0.29) is 18.8 Å². The third kappa shape index (κ3) is 2.53. The second-order valence-corrected chi connectivity index (χ2v) is 4.89. The van der Waals surface area contributed by atoms with Crippen molar-refractivity contribution >= 4 is 21.7 Å². The molecule has 16 heavy (non-hydrogen) atoms. The fourth-order valence-electron chi connectivity index (χ4n) is 1.79. The van der Waals surface area contributed by atoms with E-state index in [1.807, 2.05) is 12.1 Å². The minimum absolute atomic E-state index is 0.0553. The molecule has 0 aliphatic carbocycles. The molecule has 1 aliphatic heterocycles. The first kappa shape index (κ1) is 11.8. The normalized spacial score (nSPS) is 25.8. The van der Waals surface area contributed by atoms with Gasteiger partial charge in [0.05, 0.1) is 25.4 Å². The van der Waals surface area contributed by atoms with Gasteiger partial charge in [-0.05, 0) is 35.0 Å². The molecular weight excluding hydrogens is 272 g/mol. The number of morpholine rings is 1. The summed E-state index contributed by atoms with van der Waals surface area (Å²) < 4.78 is 6.45. The molecule has 0 saturated carbocycles. The van der Waals surface area contributed by atoms with Crippen LogP contribution in [0.25, 0.3) is 0 Å². The van der Waals surface area contributed by atoms with Gasteiger partial charge in [0.25, 0.3) is 0 Å². The van der Waals surface area contributed by atoms with Crippen molar-refractivity contribution in [3.05, 3.63) is 22.8 Å². The zero-order valence-corrected chi connectivity index (χ0v) is 10.7. The molecule has 4 nitrogen and oxygen atoms in total. The van der Waals surface area contributed by atoms with Crippen molar-refractivity contribution in [3.63, 3.8) is 0 Å². The molecule has 0 radical (unpaired) electrons. The van der Waals surface area contributed by atoms with E-state index >= 15 is 0 Å². The number of aliphatic hydroxyl groups is 1. The summed E-state index contributed by atoms with van der Waals surface area (Å²) >= 11 is 3.36. The molecule has 2 rings (SSSR count). The highest BCUT2D eigenvalue weighted by molar-refractivity contribution is 9.10. The molecule has 0 bridgehead atoms. The molecule has 5 heteroatoms. The fourth-order valence-corrected chi connectivity index (χ4v) is 2.02. The van der Waals surface area contributed by atoms with E-state index in [0.29, 0.717) is 13.2 Å². The Bertz CT molecular complexity index is 344. The summed E-state index contributed by atoms with van der Waals surface area (Å²) in [5.74, 6) is 0.928. The van der Waals surface area contributed by atoms with Crippen LogP contribution in [0.3, 0.4) is 0 Å². The molecule has 88 valence electrons. The second kappa shape index (κ2) is 5.12. The zero-order valence-electron chi connectivity index (χ0n) is 9.14. The van der Waals surface area contributed by atoms with Crippen LogP contribution in [0.5, 0.6) is 0 Å². The highest BCUT2D eigenvalue weighted by atomic mass is 79.9. The largest absolute Gasteiger partial charge is 0.394 e. The standard InChI is InChI=1S/C11H15BrN2O2/c1-8-7-16-10(6-15)5-14(8)11-3-2-9(12)4-13-11/h2-4,8,10,15H,5-7H2,1H3. The van der Waals surface area contributed by atoms with Crippen LogP contribution < -0.4 is 4.90 Å². The summed E-state index contributed by atoms with van der Waals surface area (Å²) in [6.45, 7) is 3.46. The minimum Gasteiger partial charge on any atom is -0.394 e. The molecule has 1 N–H and O–H groups in total. The first-order valence-corrected chi connectivity index (χ1v) is 6.10. The Hall–Kier alpha value is -0.650. The van der Waals surface area contributed by atoms with Crippen molar-refractivity contribution in [1.29, 1.82) is 0 Å². The van der Waals surface area contributed by atoms with Gasteiger partial charge >= 0.3 is 0 Å². The van der Waals surface area contributed by atoms with Gasteiger partial charge in [-0.1, -0.05) is 0 Å². The molecule has 0 aromatic carbocycles. The van der Waals surface area contributed by atoms with Gasteiger partial charge in [-0.3, -0.25) is 0 Å². The van der Waals surface area contributed by atoms with Crippen molar-refractivity contribution in [3.8, 4) is 0 Å². The Morgan fingerprint density at radius 1 is 1.62 bits per heavy atom. The van der Waals surface area contributed by atoms with Crippen LogP contribution in [0.2, 0.25) is 0 Å². The molecule has 2 atom stereocenters. The lowest BCUT2D eigenvalue weighted by molar-refractivity contribution is -0.0105. The van der Waals surface area contributed by atoms with Gasteiger partial charge in [-0.25, -0.2) is 4.98 Å². The number of anilines is 1. The molecular formula is C11H15BrN2O2. The van der Waals surface area contributed by atoms with Crippen LogP contribution in [0, 0.1) is 0 Å². The van der Waals surface area contributed by atoms with Crippen LogP contribution in [0.15, 0.2) is 22.8 Å². The monoisotopic (exact) mass is 286 g/mol. The number of pyridine rings is 1. The van der Waals surface area contributed by atoms with Gasteiger partial charge in [-0.2, -0.15) is 0 Å². The van der Waals surface area contributed by atoms with Gasteiger partial charge < -0.3 is 14.7 Å². The summed E-state index contributed by atoms with van der Waals surface area (Å²) in [4.78, 5) is 6.53. The summed E-state index contributed by atoms with van der Waals surface area (Å²) in [7, 11) is 0. The molecule has 2 heterocycles. The van der Waals surface area contributed by atoms with Crippen LogP contribution >= 0.6 is 15.9 Å². The van der Waals surface area contributed by atoms with Crippen molar-refractivity contribution in [2.24, 2.45) is 0 Å². The lowest BCUT2D eigenvalue weighted by Gasteiger charge is -2.38. The summed E-state index contributed by atoms with van der Waals surface area (Å²) in [5.41, 5.74) is 0. The third-order valence-electron chi connectivity index (χ3n) is 2.72. The Morgan fingerprint density at radius 2 is 2.44 bits per heavy atom. The van der Waals surface area contributed by atoms with Crippen molar-refractivity contribution < 1.29 is 9.84 Å². The predicted molar refractivity (Wildman–Crippen MR) is 65.6 cm³/mol. The molecule has 2 unspecified atom stereocenters. The van der Waals surface area contributed by atoms with E-state index < -0.39 is 0 Å². The number of nitrogens with zero attached hydrogens (tertiary/aromatic N) is 2. The molecule has 1 aliphatic rings. The molecule has 0 amide bonds. The fraction of sp³-hybridized carbons (Fsp3) is 0.545. The Balaban J connectivity index is 2.14. The van der Waals surface area contributed by atoms with E-state index in [1.165, 1.54) is 0 Å². The van der Waals surface area contributed by atoms with Crippen LogP contribution in [0.4, 0.5) is 5.82 Å². The van der Waals surface area contributed by atoms with Crippen LogP contribution in [-0.2, 0) is 4.74 Å². The van der Waals surface area contributed by atoms with E-state index in [2.05, 4.69) is 32.7 Å². The first-order chi connectivity index (χ1) is 7.70. The third-order valence-corrected chi connectivity index (χ3v) is 3.18. The maximum atomic E-state index is 9.11. The summed E-state index contributed by atoms with van der Waals surface area (Å²) in [5, 5.41) is 9.11. The quantitative estimate of drug-likeness (QED) is 0.894. The number of halogens is 1. The van der Waals surface area contributed by atoms with Crippen molar-refractivity contribution in [2.75, 3.05) is 24.7 Å². The lowest BCUT2D eigenvalue weighted by Crippen LogP contribution is -2.49. The lowest BCUT2D eigenvalue weighted by atomic mass is 10.2. The highest BCUT2D eigenvalue weighted by Crippen LogP contribution is 2.20. The number of aromatic nitrogens is 1. The van der Waals surface area contributed by atoms with Gasteiger partial charge in [0.2, 0.25) is 0 Å². The number of rotatable bonds is 2. The van der Waals surface area contributed by atoms with Gasteiger partial charge in [0.15, 0.2) is 0 Å². The van der Waals surface area contributed by atoms with E-state index in [4.69, 9.17) is 9.84 Å². The zero-order chi connectivity index (χ0) is 11.5. The topological polar surface area (TPSA) is 45.6 Å². The molecule has 1 fully saturated rings. The molecule has 1 aromatic rings.